The van der Waals surface area contributed by atoms with Gasteiger partial charge in [0.1, 0.15) is 22.7 Å². The van der Waals surface area contributed by atoms with Crippen molar-refractivity contribution >= 4 is 44.0 Å². The highest BCUT2D eigenvalue weighted by atomic mass is 32.1. The van der Waals surface area contributed by atoms with E-state index in [1.165, 1.54) is 23.3 Å². The van der Waals surface area contributed by atoms with Crippen molar-refractivity contribution in [3.05, 3.63) is 35.1 Å². The highest BCUT2D eigenvalue weighted by molar-refractivity contribution is 7.19. The summed E-state index contributed by atoms with van der Waals surface area (Å²) in [7, 11) is 1.67. The minimum atomic E-state index is 0.757. The molecule has 0 spiro atoms. The van der Waals surface area contributed by atoms with Crippen molar-refractivity contribution in [1.82, 2.24) is 20.2 Å². The number of ether oxygens (including phenoxy) is 1. The van der Waals surface area contributed by atoms with Gasteiger partial charge in [-0.25, -0.2) is 9.97 Å². The molecule has 0 bridgehead atoms. The normalized spacial score (nSPS) is 14.0. The van der Waals surface area contributed by atoms with Crippen molar-refractivity contribution in [1.29, 1.82) is 0 Å². The van der Waals surface area contributed by atoms with Crippen LogP contribution in [0.2, 0.25) is 0 Å². The van der Waals surface area contributed by atoms with Crippen LogP contribution in [0.3, 0.4) is 0 Å². The van der Waals surface area contributed by atoms with Crippen molar-refractivity contribution < 1.29 is 4.74 Å². The first kappa shape index (κ1) is 14.7. The molecule has 6 nitrogen and oxygen atoms in total. The molecule has 126 valence electrons. The second kappa shape index (κ2) is 5.70. The molecule has 5 rings (SSSR count). The molecule has 0 aliphatic heterocycles. The Kier molecular flexibility index (Phi) is 3.34. The topological polar surface area (TPSA) is 75.7 Å². The molecule has 1 aliphatic rings. The zero-order valence-electron chi connectivity index (χ0n) is 13.8. The Morgan fingerprint density at radius 2 is 2.12 bits per heavy atom. The van der Waals surface area contributed by atoms with Gasteiger partial charge in [0.05, 0.1) is 29.9 Å². The van der Waals surface area contributed by atoms with Crippen molar-refractivity contribution in [2.45, 2.75) is 25.7 Å². The molecule has 4 aromatic rings. The lowest BCUT2D eigenvalue weighted by atomic mass is 9.97. The molecule has 3 heterocycles. The van der Waals surface area contributed by atoms with Gasteiger partial charge in [-0.05, 0) is 37.3 Å². The number of aryl methyl sites for hydroxylation is 2. The molecule has 0 atom stereocenters. The smallest absolute Gasteiger partial charge is 0.144 e. The summed E-state index contributed by atoms with van der Waals surface area (Å²) < 4.78 is 5.55. The van der Waals surface area contributed by atoms with Crippen LogP contribution in [0.15, 0.2) is 24.7 Å². The van der Waals surface area contributed by atoms with Crippen molar-refractivity contribution in [3.63, 3.8) is 0 Å². The zero-order chi connectivity index (χ0) is 16.8. The Labute approximate surface area is 148 Å². The number of hydrogen-bond acceptors (Lipinski definition) is 6. The van der Waals surface area contributed by atoms with Crippen LogP contribution in [0.5, 0.6) is 5.75 Å². The van der Waals surface area contributed by atoms with Crippen LogP contribution in [-0.2, 0) is 12.8 Å². The quantitative estimate of drug-likeness (QED) is 0.578. The number of fused-ring (bicyclic) bond motifs is 4. The van der Waals surface area contributed by atoms with Gasteiger partial charge >= 0.3 is 0 Å². The predicted molar refractivity (Wildman–Crippen MR) is 100.0 cm³/mol. The fraction of sp³-hybridized carbons (Fsp3) is 0.278. The third kappa shape index (κ3) is 2.34. The predicted octanol–water partition coefficient (Wildman–Crippen LogP) is 4.20. The molecule has 7 heteroatoms. The molecule has 1 aromatic carbocycles. The second-order valence-corrected chi connectivity index (χ2v) is 7.33. The highest BCUT2D eigenvalue weighted by Crippen LogP contribution is 2.40. The lowest BCUT2D eigenvalue weighted by Crippen LogP contribution is -2.01. The molecule has 0 amide bonds. The number of aromatic amines is 1. The number of methoxy groups -OCH3 is 1. The SMILES string of the molecule is COc1cc2[nH]ncc2cc1Nc1ncnc2sc3c(c12)CCCC3. The molecule has 3 aromatic heterocycles. The Hall–Kier alpha value is -2.67. The van der Waals surface area contributed by atoms with Crippen LogP contribution < -0.4 is 10.1 Å². The van der Waals surface area contributed by atoms with Gasteiger partial charge in [0.2, 0.25) is 0 Å². The maximum absolute atomic E-state index is 5.55. The van der Waals surface area contributed by atoms with E-state index in [9.17, 15) is 0 Å². The number of rotatable bonds is 3. The maximum atomic E-state index is 5.55. The first-order valence-electron chi connectivity index (χ1n) is 8.37. The average molecular weight is 351 g/mol. The van der Waals surface area contributed by atoms with Crippen LogP contribution >= 0.6 is 11.3 Å². The zero-order valence-corrected chi connectivity index (χ0v) is 14.6. The minimum Gasteiger partial charge on any atom is -0.494 e. The lowest BCUT2D eigenvalue weighted by molar-refractivity contribution is 0.417. The van der Waals surface area contributed by atoms with Gasteiger partial charge < -0.3 is 10.1 Å². The van der Waals surface area contributed by atoms with Gasteiger partial charge in [-0.3, -0.25) is 5.10 Å². The van der Waals surface area contributed by atoms with Gasteiger partial charge in [0, 0.05) is 16.3 Å². The Balaban J connectivity index is 1.66. The van der Waals surface area contributed by atoms with E-state index in [0.29, 0.717) is 0 Å². The summed E-state index contributed by atoms with van der Waals surface area (Å²) >= 11 is 1.80. The van der Waals surface area contributed by atoms with Crippen molar-refractivity contribution in [2.24, 2.45) is 0 Å². The molecular weight excluding hydrogens is 334 g/mol. The van der Waals surface area contributed by atoms with Crippen molar-refractivity contribution in [2.75, 3.05) is 12.4 Å². The Morgan fingerprint density at radius 1 is 1.20 bits per heavy atom. The van der Waals surface area contributed by atoms with E-state index in [1.807, 2.05) is 18.3 Å². The van der Waals surface area contributed by atoms with Gasteiger partial charge in [0.15, 0.2) is 0 Å². The Morgan fingerprint density at radius 3 is 3.04 bits per heavy atom. The molecule has 0 saturated carbocycles. The molecule has 1 aliphatic carbocycles. The first-order valence-corrected chi connectivity index (χ1v) is 9.18. The number of thiophene rings is 1. The number of nitrogens with one attached hydrogen (secondary N) is 2. The van der Waals surface area contributed by atoms with E-state index < -0.39 is 0 Å². The minimum absolute atomic E-state index is 0.757. The number of H-pyrrole nitrogens is 1. The van der Waals surface area contributed by atoms with E-state index in [4.69, 9.17) is 4.74 Å². The summed E-state index contributed by atoms with van der Waals surface area (Å²) in [5.41, 5.74) is 3.24. The molecular formula is C18H17N5OS. The fourth-order valence-electron chi connectivity index (χ4n) is 3.55. The van der Waals surface area contributed by atoms with E-state index in [-0.39, 0.29) is 0 Å². The molecule has 0 unspecified atom stereocenters. The third-order valence-electron chi connectivity index (χ3n) is 4.76. The van der Waals surface area contributed by atoms with Gasteiger partial charge in [-0.2, -0.15) is 5.10 Å². The largest absolute Gasteiger partial charge is 0.494 e. The molecule has 2 N–H and O–H groups in total. The molecule has 25 heavy (non-hydrogen) atoms. The highest BCUT2D eigenvalue weighted by Gasteiger charge is 2.20. The third-order valence-corrected chi connectivity index (χ3v) is 5.96. The van der Waals surface area contributed by atoms with E-state index in [0.717, 1.165) is 51.2 Å². The molecule has 0 saturated heterocycles. The van der Waals surface area contributed by atoms with E-state index >= 15 is 0 Å². The molecule has 0 fully saturated rings. The van der Waals surface area contributed by atoms with Crippen LogP contribution in [0.25, 0.3) is 21.1 Å². The van der Waals surface area contributed by atoms with Gasteiger partial charge in [-0.1, -0.05) is 0 Å². The van der Waals surface area contributed by atoms with Crippen LogP contribution in [0.1, 0.15) is 23.3 Å². The number of aromatic nitrogens is 4. The Bertz CT molecular complexity index is 1080. The van der Waals surface area contributed by atoms with Crippen LogP contribution in [0, 0.1) is 0 Å². The van der Waals surface area contributed by atoms with Crippen LogP contribution in [-0.4, -0.2) is 27.3 Å². The van der Waals surface area contributed by atoms with Crippen LogP contribution in [0.4, 0.5) is 11.5 Å². The summed E-state index contributed by atoms with van der Waals surface area (Å²) in [6, 6.07) is 3.98. The van der Waals surface area contributed by atoms with Gasteiger partial charge in [-0.15, -0.1) is 11.3 Å². The lowest BCUT2D eigenvalue weighted by Gasteiger charge is -2.14. The average Bonchev–Trinajstić information content (AvgIpc) is 3.24. The number of nitrogens with zero attached hydrogens (tertiary/aromatic N) is 3. The second-order valence-electron chi connectivity index (χ2n) is 6.25. The monoisotopic (exact) mass is 351 g/mol. The van der Waals surface area contributed by atoms with E-state index in [1.54, 1.807) is 24.8 Å². The number of hydrogen-bond donors (Lipinski definition) is 2. The summed E-state index contributed by atoms with van der Waals surface area (Å²) in [4.78, 5) is 11.5. The van der Waals surface area contributed by atoms with E-state index in [2.05, 4.69) is 25.5 Å². The number of anilines is 2. The summed E-state index contributed by atoms with van der Waals surface area (Å²) in [5.74, 6) is 1.61. The summed E-state index contributed by atoms with van der Waals surface area (Å²) in [6.45, 7) is 0. The van der Waals surface area contributed by atoms with Crippen molar-refractivity contribution in [3.8, 4) is 5.75 Å². The molecule has 0 radical (unpaired) electrons. The number of benzene rings is 1. The van der Waals surface area contributed by atoms with Gasteiger partial charge in [0.25, 0.3) is 0 Å². The maximum Gasteiger partial charge on any atom is 0.144 e. The summed E-state index contributed by atoms with van der Waals surface area (Å²) in [5, 5.41) is 12.7. The first-order chi connectivity index (χ1) is 12.3. The fourth-order valence-corrected chi connectivity index (χ4v) is 4.78. The standard InChI is InChI=1S/C18H17N5OS/c1-24-14-7-12-10(8-21-23-12)6-13(14)22-17-16-11-4-2-3-5-15(11)25-18(16)20-9-19-17/h6-9H,2-5H2,1H3,(H,21,23)(H,19,20,22). The summed E-state index contributed by atoms with van der Waals surface area (Å²) in [6.07, 6.45) is 8.20.